The second kappa shape index (κ2) is 6.01. The van der Waals surface area contributed by atoms with Crippen LogP contribution in [0, 0.1) is 23.0 Å². The van der Waals surface area contributed by atoms with E-state index in [1.54, 1.807) is 6.07 Å². The minimum Gasteiger partial charge on any atom is -0.324 e. The third-order valence-electron chi connectivity index (χ3n) is 3.23. The van der Waals surface area contributed by atoms with Crippen molar-refractivity contribution < 1.29 is 4.92 Å². The molecule has 7 heteroatoms. The molecule has 0 unspecified atom stereocenters. The number of nitro benzene ring substituents is 1. The highest BCUT2D eigenvalue weighted by Gasteiger charge is 2.23. The van der Waals surface area contributed by atoms with E-state index in [0.717, 1.165) is 5.56 Å². The van der Waals surface area contributed by atoms with Crippen LogP contribution in [0.2, 0.25) is 0 Å². The lowest BCUT2D eigenvalue weighted by molar-refractivity contribution is -0.384. The first-order chi connectivity index (χ1) is 9.95. The fraction of sp³-hybridized carbons (Fsp3) is 0.429. The molecule has 2 aromatic rings. The molecule has 0 amide bonds. The molecule has 21 heavy (non-hydrogen) atoms. The molecule has 1 aromatic carbocycles. The van der Waals surface area contributed by atoms with Gasteiger partial charge in [0.1, 0.15) is 5.82 Å². The second-order valence-electron chi connectivity index (χ2n) is 5.37. The molecule has 0 radical (unpaired) electrons. The Morgan fingerprint density at radius 1 is 1.38 bits per heavy atom. The maximum Gasteiger partial charge on any atom is 0.280 e. The summed E-state index contributed by atoms with van der Waals surface area (Å²) in [4.78, 5) is 10.9. The quantitative estimate of drug-likeness (QED) is 0.672. The summed E-state index contributed by atoms with van der Waals surface area (Å²) in [6, 6.07) is 4.99. The number of nitrogens with two attached hydrogens (primary N) is 1. The Kier molecular flexibility index (Phi) is 4.32. The summed E-state index contributed by atoms with van der Waals surface area (Å²) < 4.78 is 1.88. The summed E-state index contributed by atoms with van der Waals surface area (Å²) in [7, 11) is 0. The SMILES string of the molecule is Cc1cccc([N+](=O)[O-])c1-c1nnc(CN)n1CC(C)C. The van der Waals surface area contributed by atoms with Crippen LogP contribution in [-0.4, -0.2) is 19.7 Å². The lowest BCUT2D eigenvalue weighted by Crippen LogP contribution is -2.13. The molecule has 0 aliphatic heterocycles. The van der Waals surface area contributed by atoms with Crippen LogP contribution in [0.3, 0.4) is 0 Å². The topological polar surface area (TPSA) is 99.9 Å². The molecular formula is C14H19N5O2. The highest BCUT2D eigenvalue weighted by molar-refractivity contribution is 5.72. The molecule has 2 rings (SSSR count). The highest BCUT2D eigenvalue weighted by Crippen LogP contribution is 2.32. The van der Waals surface area contributed by atoms with Crippen molar-refractivity contribution in [2.75, 3.05) is 0 Å². The summed E-state index contributed by atoms with van der Waals surface area (Å²) in [5, 5.41) is 19.5. The number of aromatic nitrogens is 3. The van der Waals surface area contributed by atoms with E-state index in [2.05, 4.69) is 24.0 Å². The molecule has 0 spiro atoms. The van der Waals surface area contributed by atoms with Crippen molar-refractivity contribution in [2.24, 2.45) is 11.7 Å². The Bertz CT molecular complexity index is 663. The molecule has 0 fully saturated rings. The number of rotatable bonds is 5. The van der Waals surface area contributed by atoms with E-state index >= 15 is 0 Å². The molecule has 0 aliphatic rings. The van der Waals surface area contributed by atoms with E-state index in [1.165, 1.54) is 6.07 Å². The summed E-state index contributed by atoms with van der Waals surface area (Å²) >= 11 is 0. The first kappa shape index (κ1) is 15.1. The predicted octanol–water partition coefficient (Wildman–Crippen LogP) is 2.28. The Hall–Kier alpha value is -2.28. The van der Waals surface area contributed by atoms with Gasteiger partial charge in [0.2, 0.25) is 0 Å². The van der Waals surface area contributed by atoms with Gasteiger partial charge in [-0.15, -0.1) is 10.2 Å². The fourth-order valence-electron chi connectivity index (χ4n) is 2.32. The van der Waals surface area contributed by atoms with Gasteiger partial charge in [0.25, 0.3) is 5.69 Å². The van der Waals surface area contributed by atoms with Gasteiger partial charge in [0.15, 0.2) is 5.82 Å². The van der Waals surface area contributed by atoms with E-state index in [-0.39, 0.29) is 12.2 Å². The van der Waals surface area contributed by atoms with Crippen molar-refractivity contribution in [2.45, 2.75) is 33.9 Å². The number of nitrogens with zero attached hydrogens (tertiary/aromatic N) is 4. The third-order valence-corrected chi connectivity index (χ3v) is 3.23. The van der Waals surface area contributed by atoms with Crippen molar-refractivity contribution in [3.05, 3.63) is 39.7 Å². The maximum absolute atomic E-state index is 11.3. The van der Waals surface area contributed by atoms with Gasteiger partial charge >= 0.3 is 0 Å². The van der Waals surface area contributed by atoms with Gasteiger partial charge in [-0.1, -0.05) is 26.0 Å². The summed E-state index contributed by atoms with van der Waals surface area (Å²) in [5.74, 6) is 1.50. The molecule has 0 saturated carbocycles. The van der Waals surface area contributed by atoms with E-state index in [1.807, 2.05) is 17.6 Å². The maximum atomic E-state index is 11.3. The predicted molar refractivity (Wildman–Crippen MR) is 79.6 cm³/mol. The number of hydrogen-bond donors (Lipinski definition) is 1. The zero-order valence-electron chi connectivity index (χ0n) is 12.4. The molecule has 0 atom stereocenters. The standard InChI is InChI=1S/C14H19N5O2/c1-9(2)8-18-12(7-15)16-17-14(18)13-10(3)5-4-6-11(13)19(20)21/h4-6,9H,7-8,15H2,1-3H3. The Morgan fingerprint density at radius 2 is 2.10 bits per heavy atom. The lowest BCUT2D eigenvalue weighted by Gasteiger charge is -2.13. The van der Waals surface area contributed by atoms with Crippen LogP contribution < -0.4 is 5.73 Å². The third kappa shape index (κ3) is 2.92. The smallest absolute Gasteiger partial charge is 0.280 e. The monoisotopic (exact) mass is 289 g/mol. The number of nitro groups is 1. The molecule has 7 nitrogen and oxygen atoms in total. The van der Waals surface area contributed by atoms with E-state index in [0.29, 0.717) is 29.7 Å². The Labute approximate surface area is 122 Å². The fourth-order valence-corrected chi connectivity index (χ4v) is 2.32. The van der Waals surface area contributed by atoms with Gasteiger partial charge < -0.3 is 10.3 Å². The molecule has 1 heterocycles. The average molecular weight is 289 g/mol. The molecule has 0 aliphatic carbocycles. The first-order valence-electron chi connectivity index (χ1n) is 6.82. The van der Waals surface area contributed by atoms with E-state index in [4.69, 9.17) is 5.73 Å². The zero-order valence-corrected chi connectivity index (χ0v) is 12.4. The van der Waals surface area contributed by atoms with Gasteiger partial charge in [0, 0.05) is 12.6 Å². The van der Waals surface area contributed by atoms with Crippen LogP contribution in [0.1, 0.15) is 25.2 Å². The molecule has 112 valence electrons. The highest BCUT2D eigenvalue weighted by atomic mass is 16.6. The van der Waals surface area contributed by atoms with Gasteiger partial charge in [-0.2, -0.15) is 0 Å². The number of hydrogen-bond acceptors (Lipinski definition) is 5. The van der Waals surface area contributed by atoms with Crippen LogP contribution in [0.4, 0.5) is 5.69 Å². The lowest BCUT2D eigenvalue weighted by atomic mass is 10.1. The second-order valence-corrected chi connectivity index (χ2v) is 5.37. The Morgan fingerprint density at radius 3 is 2.67 bits per heavy atom. The van der Waals surface area contributed by atoms with Crippen LogP contribution in [0.25, 0.3) is 11.4 Å². The summed E-state index contributed by atoms with van der Waals surface area (Å²) in [6.07, 6.45) is 0. The van der Waals surface area contributed by atoms with Gasteiger partial charge in [0.05, 0.1) is 17.0 Å². The largest absolute Gasteiger partial charge is 0.324 e. The normalized spacial score (nSPS) is 11.1. The van der Waals surface area contributed by atoms with Crippen molar-refractivity contribution in [3.8, 4) is 11.4 Å². The molecule has 1 aromatic heterocycles. The van der Waals surface area contributed by atoms with Crippen LogP contribution >= 0.6 is 0 Å². The van der Waals surface area contributed by atoms with Crippen molar-refractivity contribution in [1.29, 1.82) is 0 Å². The molecular weight excluding hydrogens is 270 g/mol. The summed E-state index contributed by atoms with van der Waals surface area (Å²) in [5.41, 5.74) is 7.04. The minimum atomic E-state index is -0.390. The summed E-state index contributed by atoms with van der Waals surface area (Å²) in [6.45, 7) is 6.88. The van der Waals surface area contributed by atoms with Crippen LogP contribution in [0.15, 0.2) is 18.2 Å². The van der Waals surface area contributed by atoms with Crippen LogP contribution in [-0.2, 0) is 13.1 Å². The number of benzene rings is 1. The zero-order chi connectivity index (χ0) is 15.6. The first-order valence-corrected chi connectivity index (χ1v) is 6.82. The van der Waals surface area contributed by atoms with Gasteiger partial charge in [-0.05, 0) is 18.4 Å². The Balaban J connectivity index is 2.67. The van der Waals surface area contributed by atoms with Gasteiger partial charge in [-0.3, -0.25) is 10.1 Å². The van der Waals surface area contributed by atoms with Crippen molar-refractivity contribution in [3.63, 3.8) is 0 Å². The number of aryl methyl sites for hydroxylation is 1. The van der Waals surface area contributed by atoms with E-state index < -0.39 is 4.92 Å². The molecule has 2 N–H and O–H groups in total. The van der Waals surface area contributed by atoms with Crippen molar-refractivity contribution in [1.82, 2.24) is 14.8 Å². The minimum absolute atomic E-state index is 0.0379. The van der Waals surface area contributed by atoms with Crippen molar-refractivity contribution >= 4 is 5.69 Å². The van der Waals surface area contributed by atoms with Gasteiger partial charge in [-0.25, -0.2) is 0 Å². The van der Waals surface area contributed by atoms with Crippen LogP contribution in [0.5, 0.6) is 0 Å². The molecule has 0 bridgehead atoms. The molecule has 0 saturated heterocycles. The average Bonchev–Trinajstić information content (AvgIpc) is 2.80. The van der Waals surface area contributed by atoms with E-state index in [9.17, 15) is 10.1 Å².